The van der Waals surface area contributed by atoms with Crippen molar-refractivity contribution in [3.63, 3.8) is 0 Å². The normalized spacial score (nSPS) is 19.7. The van der Waals surface area contributed by atoms with Crippen LogP contribution in [-0.2, 0) is 11.3 Å². The molecule has 0 amide bonds. The topological polar surface area (TPSA) is 92.6 Å². The minimum Gasteiger partial charge on any atom is -0.481 e. The lowest BCUT2D eigenvalue weighted by Gasteiger charge is -2.33. The molecule has 1 saturated heterocycles. The van der Waals surface area contributed by atoms with Crippen LogP contribution in [0.1, 0.15) is 12.3 Å². The van der Waals surface area contributed by atoms with Gasteiger partial charge in [-0.15, -0.1) is 0 Å². The van der Waals surface area contributed by atoms with Gasteiger partial charge in [0.25, 0.3) is 0 Å². The Kier molecular flexibility index (Phi) is 4.26. The molecule has 0 radical (unpaired) electrons. The molecule has 0 aliphatic carbocycles. The van der Waals surface area contributed by atoms with Crippen LogP contribution < -0.4 is 0 Å². The van der Waals surface area contributed by atoms with Crippen molar-refractivity contribution in [1.82, 2.24) is 15.0 Å². The van der Waals surface area contributed by atoms with Gasteiger partial charge in [-0.2, -0.15) is 16.7 Å². The van der Waals surface area contributed by atoms with Crippen LogP contribution in [0.25, 0.3) is 11.6 Å². The van der Waals surface area contributed by atoms with Gasteiger partial charge in [0.15, 0.2) is 5.76 Å². The number of aromatic nitrogens is 2. The molecule has 3 heterocycles. The molecule has 0 spiro atoms. The van der Waals surface area contributed by atoms with E-state index in [9.17, 15) is 4.79 Å². The van der Waals surface area contributed by atoms with E-state index < -0.39 is 5.97 Å². The maximum absolute atomic E-state index is 10.9. The van der Waals surface area contributed by atoms with E-state index in [0.29, 0.717) is 24.0 Å². The van der Waals surface area contributed by atoms with Crippen LogP contribution in [0.2, 0.25) is 0 Å². The zero-order chi connectivity index (χ0) is 14.7. The van der Waals surface area contributed by atoms with Crippen molar-refractivity contribution in [2.45, 2.75) is 19.0 Å². The summed E-state index contributed by atoms with van der Waals surface area (Å²) in [5, 5.41) is 12.9. The molecule has 0 bridgehead atoms. The number of rotatable bonds is 5. The van der Waals surface area contributed by atoms with Crippen LogP contribution in [0.3, 0.4) is 0 Å². The van der Waals surface area contributed by atoms with Crippen LogP contribution in [0.5, 0.6) is 0 Å². The summed E-state index contributed by atoms with van der Waals surface area (Å²) in [6.07, 6.45) is 1.68. The molecule has 8 heteroatoms. The van der Waals surface area contributed by atoms with Gasteiger partial charge in [0.2, 0.25) is 11.7 Å². The van der Waals surface area contributed by atoms with Gasteiger partial charge in [-0.1, -0.05) is 5.16 Å². The van der Waals surface area contributed by atoms with Crippen LogP contribution in [-0.4, -0.2) is 50.2 Å². The molecular weight excluding hydrogens is 294 g/mol. The molecule has 21 heavy (non-hydrogen) atoms. The molecule has 2 aromatic rings. The third-order valence-electron chi connectivity index (χ3n) is 3.31. The third kappa shape index (κ3) is 3.45. The highest BCUT2D eigenvalue weighted by molar-refractivity contribution is 7.99. The van der Waals surface area contributed by atoms with Gasteiger partial charge in [-0.3, -0.25) is 9.69 Å². The van der Waals surface area contributed by atoms with Crippen LogP contribution in [0.15, 0.2) is 27.3 Å². The lowest BCUT2D eigenvalue weighted by Crippen LogP contribution is -2.43. The summed E-state index contributed by atoms with van der Waals surface area (Å²) < 4.78 is 10.4. The predicted octanol–water partition coefficient (Wildman–Crippen LogP) is 1.72. The van der Waals surface area contributed by atoms with E-state index in [-0.39, 0.29) is 12.5 Å². The van der Waals surface area contributed by atoms with Gasteiger partial charge in [0, 0.05) is 24.1 Å². The van der Waals surface area contributed by atoms with Gasteiger partial charge in [-0.25, -0.2) is 0 Å². The monoisotopic (exact) mass is 309 g/mol. The minimum absolute atomic E-state index is 0.000197. The van der Waals surface area contributed by atoms with Crippen molar-refractivity contribution >= 4 is 17.7 Å². The molecule has 0 aromatic carbocycles. The zero-order valence-corrected chi connectivity index (χ0v) is 12.1. The first-order chi connectivity index (χ1) is 10.2. The van der Waals surface area contributed by atoms with Crippen molar-refractivity contribution in [3.05, 3.63) is 24.3 Å². The summed E-state index contributed by atoms with van der Waals surface area (Å²) >= 11 is 1.78. The third-order valence-corrected chi connectivity index (χ3v) is 4.40. The largest absolute Gasteiger partial charge is 0.481 e. The summed E-state index contributed by atoms with van der Waals surface area (Å²) in [5.41, 5.74) is 0. The lowest BCUT2D eigenvalue weighted by molar-refractivity contribution is -0.138. The average molecular weight is 309 g/mol. The standard InChI is InChI=1S/C13H15N3O4S/c17-12(18)6-9-8-21-5-3-16(9)7-11-14-13(15-20-11)10-2-1-4-19-10/h1-2,4,9H,3,5-8H2,(H,17,18). The molecule has 1 N–H and O–H groups in total. The van der Waals surface area contributed by atoms with Crippen molar-refractivity contribution in [3.8, 4) is 11.6 Å². The molecule has 1 aliphatic heterocycles. The summed E-state index contributed by atoms with van der Waals surface area (Å²) in [5.74, 6) is 2.45. The summed E-state index contributed by atoms with van der Waals surface area (Å²) in [6, 6.07) is 3.52. The second kappa shape index (κ2) is 6.31. The van der Waals surface area contributed by atoms with Gasteiger partial charge >= 0.3 is 5.97 Å². The fourth-order valence-corrected chi connectivity index (χ4v) is 3.42. The molecule has 0 saturated carbocycles. The first-order valence-electron chi connectivity index (χ1n) is 6.62. The number of nitrogens with zero attached hydrogens (tertiary/aromatic N) is 3. The van der Waals surface area contributed by atoms with Gasteiger partial charge in [-0.05, 0) is 12.1 Å². The van der Waals surface area contributed by atoms with E-state index in [2.05, 4.69) is 15.0 Å². The van der Waals surface area contributed by atoms with E-state index in [1.54, 1.807) is 30.2 Å². The van der Waals surface area contributed by atoms with E-state index in [1.807, 2.05) is 0 Å². The first-order valence-corrected chi connectivity index (χ1v) is 7.78. The maximum Gasteiger partial charge on any atom is 0.304 e. The SMILES string of the molecule is O=C(O)CC1CSCCN1Cc1nc(-c2ccco2)no1. The number of hydrogen-bond donors (Lipinski definition) is 1. The highest BCUT2D eigenvalue weighted by Gasteiger charge is 2.26. The molecule has 3 rings (SSSR count). The molecule has 2 aromatic heterocycles. The van der Waals surface area contributed by atoms with E-state index in [4.69, 9.17) is 14.0 Å². The molecule has 7 nitrogen and oxygen atoms in total. The van der Waals surface area contributed by atoms with Crippen LogP contribution >= 0.6 is 11.8 Å². The fourth-order valence-electron chi connectivity index (χ4n) is 2.29. The second-order valence-corrected chi connectivity index (χ2v) is 5.94. The molecule has 1 aliphatic rings. The Hall–Kier alpha value is -1.80. The Balaban J connectivity index is 1.68. The lowest BCUT2D eigenvalue weighted by atomic mass is 10.2. The van der Waals surface area contributed by atoms with Gasteiger partial charge < -0.3 is 14.0 Å². The van der Waals surface area contributed by atoms with Crippen LogP contribution in [0.4, 0.5) is 0 Å². The van der Waals surface area contributed by atoms with Crippen molar-refractivity contribution in [2.24, 2.45) is 0 Å². The highest BCUT2D eigenvalue weighted by Crippen LogP contribution is 2.22. The minimum atomic E-state index is -0.783. The molecule has 112 valence electrons. The zero-order valence-electron chi connectivity index (χ0n) is 11.3. The summed E-state index contributed by atoms with van der Waals surface area (Å²) in [7, 11) is 0. The van der Waals surface area contributed by atoms with Gasteiger partial charge in [0.1, 0.15) is 0 Å². The van der Waals surface area contributed by atoms with Crippen LogP contribution in [0, 0.1) is 0 Å². The van der Waals surface area contributed by atoms with Crippen molar-refractivity contribution in [2.75, 3.05) is 18.1 Å². The van der Waals surface area contributed by atoms with E-state index in [0.717, 1.165) is 18.1 Å². The molecule has 1 atom stereocenters. The Morgan fingerprint density at radius 3 is 3.24 bits per heavy atom. The van der Waals surface area contributed by atoms with E-state index in [1.165, 1.54) is 0 Å². The number of furan rings is 1. The Morgan fingerprint density at radius 2 is 2.48 bits per heavy atom. The molecule has 1 fully saturated rings. The predicted molar refractivity (Wildman–Crippen MR) is 75.8 cm³/mol. The number of thioether (sulfide) groups is 1. The Labute approximate surface area is 125 Å². The number of aliphatic carboxylic acids is 1. The second-order valence-electron chi connectivity index (χ2n) is 4.79. The quantitative estimate of drug-likeness (QED) is 0.892. The van der Waals surface area contributed by atoms with E-state index >= 15 is 0 Å². The van der Waals surface area contributed by atoms with Crippen molar-refractivity contribution < 1.29 is 18.8 Å². The highest BCUT2D eigenvalue weighted by atomic mass is 32.2. The Bertz CT molecular complexity index is 598. The first kappa shape index (κ1) is 14.2. The van der Waals surface area contributed by atoms with Gasteiger partial charge in [0.05, 0.1) is 19.2 Å². The Morgan fingerprint density at radius 1 is 1.57 bits per heavy atom. The van der Waals surface area contributed by atoms with Crippen molar-refractivity contribution in [1.29, 1.82) is 0 Å². The number of carboxylic acids is 1. The average Bonchev–Trinajstić information content (AvgIpc) is 3.11. The number of hydrogen-bond acceptors (Lipinski definition) is 7. The summed E-state index contributed by atoms with van der Waals surface area (Å²) in [4.78, 5) is 17.3. The maximum atomic E-state index is 10.9. The fraction of sp³-hybridized carbons (Fsp3) is 0.462. The molecular formula is C13H15N3O4S. The smallest absolute Gasteiger partial charge is 0.304 e. The number of carbonyl (C=O) groups is 1. The summed E-state index contributed by atoms with van der Waals surface area (Å²) in [6.45, 7) is 1.29. The number of carboxylic acid groups (broad SMARTS) is 1. The molecule has 1 unspecified atom stereocenters.